The highest BCUT2D eigenvalue weighted by molar-refractivity contribution is 7.92. The van der Waals surface area contributed by atoms with Gasteiger partial charge >= 0.3 is 0 Å². The molecule has 1 heterocycles. The Morgan fingerprint density at radius 2 is 1.69 bits per heavy atom. The molecule has 0 aromatic heterocycles. The van der Waals surface area contributed by atoms with Gasteiger partial charge in [0, 0.05) is 41.3 Å². The summed E-state index contributed by atoms with van der Waals surface area (Å²) in [6.45, 7) is 7.36. The normalized spacial score (nSPS) is 15.1. The molecule has 0 saturated heterocycles. The van der Waals surface area contributed by atoms with Gasteiger partial charge in [0.1, 0.15) is 5.84 Å². The summed E-state index contributed by atoms with van der Waals surface area (Å²) in [5.41, 5.74) is 10.3. The Morgan fingerprint density at radius 1 is 1.06 bits per heavy atom. The zero-order valence-electron chi connectivity index (χ0n) is 19.1. The molecule has 0 fully saturated rings. The van der Waals surface area contributed by atoms with Crippen molar-refractivity contribution in [2.45, 2.75) is 44.9 Å². The smallest absolute Gasteiger partial charge is 0.250 e. The van der Waals surface area contributed by atoms with Crippen LogP contribution in [-0.4, -0.2) is 39.7 Å². The minimum atomic E-state index is -2.74. The van der Waals surface area contributed by atoms with Crippen molar-refractivity contribution in [2.75, 3.05) is 18.8 Å². The highest BCUT2D eigenvalue weighted by atomic mass is 32.2. The van der Waals surface area contributed by atoms with Gasteiger partial charge < -0.3 is 10.6 Å². The van der Waals surface area contributed by atoms with E-state index >= 15 is 0 Å². The standard InChI is InChI=1S/C25H32N4O2S/c1-4-13-29(14-5-2)25(30)21-15-20-8-7-19(16-23(20)28-24(26)17-21)18-9-11-22(12-10-18)32(27,31)6-3/h7-12,15-16,27H,4-6,13-14,17H2,1-3H3,(H2,26,28). The first-order valence-electron chi connectivity index (χ1n) is 11.1. The van der Waals surface area contributed by atoms with Crippen LogP contribution in [0, 0.1) is 4.78 Å². The number of hydrogen-bond donors (Lipinski definition) is 2. The van der Waals surface area contributed by atoms with Gasteiger partial charge in [0.05, 0.1) is 15.4 Å². The fraction of sp³-hybridized carbons (Fsp3) is 0.360. The Labute approximate surface area is 191 Å². The molecule has 0 bridgehead atoms. The number of carbonyl (C=O) groups excluding carboxylic acids is 1. The van der Waals surface area contributed by atoms with Crippen molar-refractivity contribution in [1.29, 1.82) is 4.78 Å². The lowest BCUT2D eigenvalue weighted by Gasteiger charge is -2.22. The second-order valence-electron chi connectivity index (χ2n) is 8.00. The molecule has 0 radical (unpaired) electrons. The van der Waals surface area contributed by atoms with Crippen LogP contribution in [-0.2, 0) is 14.5 Å². The van der Waals surface area contributed by atoms with E-state index in [2.05, 4.69) is 18.8 Å². The zero-order chi connectivity index (χ0) is 23.3. The molecule has 3 rings (SSSR count). The summed E-state index contributed by atoms with van der Waals surface area (Å²) >= 11 is 0. The van der Waals surface area contributed by atoms with Crippen LogP contribution in [0.25, 0.3) is 17.2 Å². The van der Waals surface area contributed by atoms with E-state index in [9.17, 15) is 9.00 Å². The summed E-state index contributed by atoms with van der Waals surface area (Å²) in [5, 5.41) is 0. The largest absolute Gasteiger partial charge is 0.387 e. The van der Waals surface area contributed by atoms with Gasteiger partial charge in [-0.3, -0.25) is 4.79 Å². The van der Waals surface area contributed by atoms with Crippen molar-refractivity contribution >= 4 is 33.2 Å². The summed E-state index contributed by atoms with van der Waals surface area (Å²) in [5.74, 6) is 0.732. The van der Waals surface area contributed by atoms with Gasteiger partial charge in [-0.05, 0) is 48.2 Å². The van der Waals surface area contributed by atoms with Crippen LogP contribution < -0.4 is 5.73 Å². The van der Waals surface area contributed by atoms with Crippen LogP contribution in [0.5, 0.6) is 0 Å². The van der Waals surface area contributed by atoms with Gasteiger partial charge in [-0.1, -0.05) is 45.0 Å². The molecule has 7 heteroatoms. The Balaban J connectivity index is 1.95. The fourth-order valence-electron chi connectivity index (χ4n) is 3.80. The molecule has 2 aromatic rings. The molecule has 170 valence electrons. The predicted octanol–water partition coefficient (Wildman–Crippen LogP) is 5.20. The van der Waals surface area contributed by atoms with Crippen LogP contribution >= 0.6 is 0 Å². The first-order chi connectivity index (χ1) is 15.3. The Kier molecular flexibility index (Phi) is 7.51. The van der Waals surface area contributed by atoms with Crippen molar-refractivity contribution in [3.8, 4) is 11.1 Å². The average Bonchev–Trinajstić information content (AvgIpc) is 2.95. The number of aliphatic imine (C=N–C) groups is 1. The molecule has 6 nitrogen and oxygen atoms in total. The van der Waals surface area contributed by atoms with Crippen LogP contribution in [0.2, 0.25) is 0 Å². The Bertz CT molecular complexity index is 1140. The quantitative estimate of drug-likeness (QED) is 0.575. The number of fused-ring (bicyclic) bond motifs is 1. The van der Waals surface area contributed by atoms with Crippen molar-refractivity contribution in [1.82, 2.24) is 4.90 Å². The molecule has 32 heavy (non-hydrogen) atoms. The van der Waals surface area contributed by atoms with Crippen molar-refractivity contribution in [3.05, 3.63) is 53.6 Å². The highest BCUT2D eigenvalue weighted by Crippen LogP contribution is 2.32. The minimum Gasteiger partial charge on any atom is -0.387 e. The second-order valence-corrected chi connectivity index (χ2v) is 10.4. The third-order valence-corrected chi connectivity index (χ3v) is 7.37. The summed E-state index contributed by atoms with van der Waals surface area (Å²) in [7, 11) is -2.74. The molecular weight excluding hydrogens is 420 g/mol. The lowest BCUT2D eigenvalue weighted by Crippen LogP contribution is -2.34. The van der Waals surface area contributed by atoms with Gasteiger partial charge in [-0.25, -0.2) is 14.0 Å². The number of carbonyl (C=O) groups is 1. The van der Waals surface area contributed by atoms with Crippen molar-refractivity contribution in [3.63, 3.8) is 0 Å². The lowest BCUT2D eigenvalue weighted by molar-refractivity contribution is -0.127. The maximum absolute atomic E-state index is 13.1. The van der Waals surface area contributed by atoms with Crippen LogP contribution in [0.4, 0.5) is 5.69 Å². The van der Waals surface area contributed by atoms with E-state index in [1.54, 1.807) is 19.1 Å². The maximum Gasteiger partial charge on any atom is 0.250 e. The molecule has 1 amide bonds. The van der Waals surface area contributed by atoms with E-state index < -0.39 is 9.73 Å². The minimum absolute atomic E-state index is 0.0225. The molecule has 0 aliphatic carbocycles. The van der Waals surface area contributed by atoms with Gasteiger partial charge in [0.2, 0.25) is 5.91 Å². The zero-order valence-corrected chi connectivity index (χ0v) is 19.9. The number of amidine groups is 1. The molecule has 1 aliphatic rings. The second kappa shape index (κ2) is 10.1. The van der Waals surface area contributed by atoms with Gasteiger partial charge in [0.25, 0.3) is 0 Å². The summed E-state index contributed by atoms with van der Waals surface area (Å²) < 4.78 is 20.2. The SMILES string of the molecule is CCCN(CCC)C(=O)C1=Cc2ccc(-c3ccc(S(=N)(=O)CC)cc3)cc2N=C(N)C1. The number of hydrogen-bond acceptors (Lipinski definition) is 5. The lowest BCUT2D eigenvalue weighted by atomic mass is 10.0. The topological polar surface area (TPSA) is 99.6 Å². The Hall–Kier alpha value is -2.93. The molecular formula is C25H32N4O2S. The number of nitrogens with two attached hydrogens (primary N) is 1. The number of amides is 1. The van der Waals surface area contributed by atoms with Gasteiger partial charge in [0.15, 0.2) is 0 Å². The number of benzene rings is 2. The third kappa shape index (κ3) is 5.27. The monoisotopic (exact) mass is 452 g/mol. The Morgan fingerprint density at radius 3 is 2.28 bits per heavy atom. The molecule has 0 spiro atoms. The van der Waals surface area contributed by atoms with Crippen LogP contribution in [0.3, 0.4) is 0 Å². The van der Waals surface area contributed by atoms with E-state index in [0.29, 0.717) is 28.5 Å². The highest BCUT2D eigenvalue weighted by Gasteiger charge is 2.21. The van der Waals surface area contributed by atoms with E-state index in [4.69, 9.17) is 10.5 Å². The molecule has 1 unspecified atom stereocenters. The van der Waals surface area contributed by atoms with E-state index in [1.165, 1.54) is 0 Å². The number of nitrogens with zero attached hydrogens (tertiary/aromatic N) is 2. The fourth-order valence-corrected chi connectivity index (χ4v) is 4.71. The van der Waals surface area contributed by atoms with E-state index in [1.807, 2.05) is 41.3 Å². The summed E-state index contributed by atoms with van der Waals surface area (Å²) in [6.07, 6.45) is 4.06. The molecule has 2 aromatic carbocycles. The van der Waals surface area contributed by atoms with Crippen LogP contribution in [0.15, 0.2) is 57.9 Å². The molecule has 1 aliphatic heterocycles. The first kappa shape index (κ1) is 23.7. The van der Waals surface area contributed by atoms with Crippen LogP contribution in [0.1, 0.15) is 45.6 Å². The maximum atomic E-state index is 13.1. The van der Waals surface area contributed by atoms with Gasteiger partial charge in [-0.2, -0.15) is 0 Å². The molecule has 1 atom stereocenters. The van der Waals surface area contributed by atoms with Crippen molar-refractivity contribution < 1.29 is 9.00 Å². The first-order valence-corrected chi connectivity index (χ1v) is 12.9. The third-order valence-electron chi connectivity index (χ3n) is 5.52. The summed E-state index contributed by atoms with van der Waals surface area (Å²) in [4.78, 5) is 20.1. The van der Waals surface area contributed by atoms with Crippen molar-refractivity contribution in [2.24, 2.45) is 10.7 Å². The van der Waals surface area contributed by atoms with E-state index in [-0.39, 0.29) is 5.91 Å². The predicted molar refractivity (Wildman–Crippen MR) is 133 cm³/mol. The molecule has 0 saturated carbocycles. The van der Waals surface area contributed by atoms with Gasteiger partial charge in [-0.15, -0.1) is 0 Å². The molecule has 3 N–H and O–H groups in total. The summed E-state index contributed by atoms with van der Waals surface area (Å²) in [6, 6.07) is 13.2. The number of nitrogens with one attached hydrogen (secondary N) is 1. The number of rotatable bonds is 8. The average molecular weight is 453 g/mol. The van der Waals surface area contributed by atoms with E-state index in [0.717, 1.165) is 48.3 Å².